The number of phenols is 1. The number of methoxy groups -OCH3 is 1. The molecule has 0 radical (unpaired) electrons. The minimum atomic E-state index is -2.42. The average molecular weight is 488 g/mol. The number of carbonyl (C=O) groups excluding carboxylic acids is 1. The number of aliphatic hydroxyl groups excluding tert-OH is 1. The number of ether oxygens (including phenoxy) is 1. The summed E-state index contributed by atoms with van der Waals surface area (Å²) in [6, 6.07) is 13.6. The third-order valence-electron chi connectivity index (χ3n) is 6.98. The zero-order valence-corrected chi connectivity index (χ0v) is 22.4. The van der Waals surface area contributed by atoms with E-state index in [1.165, 1.54) is 7.11 Å². The molecule has 0 aliphatic carbocycles. The Morgan fingerprint density at radius 2 is 1.82 bits per heavy atom. The zero-order chi connectivity index (χ0) is 25.5. The summed E-state index contributed by atoms with van der Waals surface area (Å²) in [7, 11) is -1.02. The highest BCUT2D eigenvalue weighted by Crippen LogP contribution is 2.44. The Hall–Kier alpha value is -2.19. The standard InChI is InChI=1S/C27H41NO5Si/c1-19(12-20-8-7-9-21(13-20)14-26(31)33-4)28-17-24(16-27(2,3)34(5,6)32)22-10-11-25(30)23(15-22)18-29/h7-11,13,15,19,24,28-30,32H,12,14,16-18H2,1-6H3/t19-,24+/m1/s1. The van der Waals surface area contributed by atoms with E-state index in [9.17, 15) is 19.8 Å². The molecule has 188 valence electrons. The summed E-state index contributed by atoms with van der Waals surface area (Å²) < 4.78 is 4.77. The van der Waals surface area contributed by atoms with Gasteiger partial charge in [0.25, 0.3) is 0 Å². The Kier molecular flexibility index (Phi) is 9.88. The Balaban J connectivity index is 2.15. The lowest BCUT2D eigenvalue weighted by Gasteiger charge is -2.38. The fourth-order valence-electron chi connectivity index (χ4n) is 4.03. The first kappa shape index (κ1) is 28.0. The molecule has 0 amide bonds. The minimum Gasteiger partial charge on any atom is -0.508 e. The van der Waals surface area contributed by atoms with Crippen LogP contribution in [0.4, 0.5) is 0 Å². The second-order valence-electron chi connectivity index (χ2n) is 10.5. The van der Waals surface area contributed by atoms with Gasteiger partial charge in [-0.15, -0.1) is 0 Å². The summed E-state index contributed by atoms with van der Waals surface area (Å²) >= 11 is 0. The molecule has 2 rings (SSSR count). The number of carbonyl (C=O) groups is 1. The van der Waals surface area contributed by atoms with Gasteiger partial charge in [-0.25, -0.2) is 0 Å². The summed E-state index contributed by atoms with van der Waals surface area (Å²) in [5, 5.41) is 23.1. The van der Waals surface area contributed by atoms with Crippen molar-refractivity contribution >= 4 is 14.3 Å². The molecule has 2 aromatic carbocycles. The number of benzene rings is 2. The van der Waals surface area contributed by atoms with Crippen LogP contribution in [0, 0.1) is 0 Å². The Bertz CT molecular complexity index is 954. The molecule has 6 nitrogen and oxygen atoms in total. The van der Waals surface area contributed by atoms with Crippen molar-refractivity contribution in [3.63, 3.8) is 0 Å². The van der Waals surface area contributed by atoms with Crippen molar-refractivity contribution in [3.05, 3.63) is 64.7 Å². The molecule has 0 aliphatic rings. The summed E-state index contributed by atoms with van der Waals surface area (Å²) in [5.41, 5.74) is 3.63. The maximum Gasteiger partial charge on any atom is 0.309 e. The molecule has 0 spiro atoms. The van der Waals surface area contributed by atoms with Gasteiger partial charge in [0, 0.05) is 18.2 Å². The fraction of sp³-hybridized carbons (Fsp3) is 0.519. The number of aromatic hydroxyl groups is 1. The van der Waals surface area contributed by atoms with Crippen LogP contribution in [0.1, 0.15) is 55.4 Å². The average Bonchev–Trinajstić information content (AvgIpc) is 2.76. The quantitative estimate of drug-likeness (QED) is 0.264. The summed E-state index contributed by atoms with van der Waals surface area (Å²) in [4.78, 5) is 22.5. The molecule has 0 saturated heterocycles. The predicted octanol–water partition coefficient (Wildman–Crippen LogP) is 4.27. The third kappa shape index (κ3) is 7.94. The van der Waals surface area contributed by atoms with E-state index in [2.05, 4.69) is 32.2 Å². The number of aliphatic hydroxyl groups is 1. The molecular formula is C27H41NO5Si. The van der Waals surface area contributed by atoms with Gasteiger partial charge in [0.2, 0.25) is 0 Å². The molecule has 0 aliphatic heterocycles. The maximum absolute atomic E-state index is 11.6. The monoisotopic (exact) mass is 487 g/mol. The molecule has 34 heavy (non-hydrogen) atoms. The number of esters is 1. The lowest BCUT2D eigenvalue weighted by molar-refractivity contribution is -0.139. The van der Waals surface area contributed by atoms with E-state index in [4.69, 9.17) is 4.74 Å². The van der Waals surface area contributed by atoms with Gasteiger partial charge in [0.1, 0.15) is 5.75 Å². The summed E-state index contributed by atoms with van der Waals surface area (Å²) in [6.07, 6.45) is 1.85. The first-order chi connectivity index (χ1) is 15.9. The van der Waals surface area contributed by atoms with Crippen LogP contribution in [0.15, 0.2) is 42.5 Å². The molecule has 0 saturated carbocycles. The van der Waals surface area contributed by atoms with Gasteiger partial charge in [-0.2, -0.15) is 0 Å². The predicted molar refractivity (Wildman–Crippen MR) is 138 cm³/mol. The van der Waals surface area contributed by atoms with Crippen molar-refractivity contribution in [1.82, 2.24) is 5.32 Å². The van der Waals surface area contributed by atoms with Crippen LogP contribution in [-0.4, -0.2) is 49.0 Å². The maximum atomic E-state index is 11.6. The van der Waals surface area contributed by atoms with Crippen LogP contribution in [-0.2, 0) is 29.0 Å². The van der Waals surface area contributed by atoms with Gasteiger partial charge in [0.15, 0.2) is 8.32 Å². The highest BCUT2D eigenvalue weighted by atomic mass is 28.4. The van der Waals surface area contributed by atoms with Crippen molar-refractivity contribution in [3.8, 4) is 5.75 Å². The molecule has 0 heterocycles. The number of hydrogen-bond donors (Lipinski definition) is 4. The van der Waals surface area contributed by atoms with E-state index < -0.39 is 8.32 Å². The van der Waals surface area contributed by atoms with E-state index in [0.29, 0.717) is 12.1 Å². The highest BCUT2D eigenvalue weighted by molar-refractivity contribution is 6.72. The zero-order valence-electron chi connectivity index (χ0n) is 21.4. The van der Waals surface area contributed by atoms with Crippen molar-refractivity contribution in [2.75, 3.05) is 13.7 Å². The molecule has 0 aromatic heterocycles. The topological polar surface area (TPSA) is 99.0 Å². The van der Waals surface area contributed by atoms with Gasteiger partial charge in [-0.1, -0.05) is 44.2 Å². The van der Waals surface area contributed by atoms with Crippen LogP contribution < -0.4 is 5.32 Å². The second kappa shape index (κ2) is 12.0. The molecular weight excluding hydrogens is 446 g/mol. The van der Waals surface area contributed by atoms with Crippen LogP contribution in [0.3, 0.4) is 0 Å². The summed E-state index contributed by atoms with van der Waals surface area (Å²) in [6.45, 7) is 10.8. The number of nitrogens with one attached hydrogen (secondary N) is 1. The van der Waals surface area contributed by atoms with E-state index in [-0.39, 0.29) is 41.7 Å². The van der Waals surface area contributed by atoms with Gasteiger partial charge in [-0.05, 0) is 72.6 Å². The smallest absolute Gasteiger partial charge is 0.309 e. The molecule has 0 bridgehead atoms. The normalized spacial score (nSPS) is 14.0. The van der Waals surface area contributed by atoms with Crippen molar-refractivity contribution in [2.45, 2.75) is 76.7 Å². The van der Waals surface area contributed by atoms with Crippen molar-refractivity contribution < 1.29 is 24.5 Å². The van der Waals surface area contributed by atoms with Gasteiger partial charge >= 0.3 is 5.97 Å². The molecule has 2 atom stereocenters. The first-order valence-electron chi connectivity index (χ1n) is 11.9. The van der Waals surface area contributed by atoms with Crippen molar-refractivity contribution in [1.29, 1.82) is 0 Å². The van der Waals surface area contributed by atoms with Crippen LogP contribution in [0.2, 0.25) is 18.1 Å². The largest absolute Gasteiger partial charge is 0.508 e. The number of rotatable bonds is 12. The molecule has 7 heteroatoms. The highest BCUT2D eigenvalue weighted by Gasteiger charge is 2.40. The molecule has 4 N–H and O–H groups in total. The molecule has 2 aromatic rings. The first-order valence-corrected chi connectivity index (χ1v) is 14.8. The molecule has 0 fully saturated rings. The van der Waals surface area contributed by atoms with E-state index in [1.807, 2.05) is 43.4 Å². The fourth-order valence-corrected chi connectivity index (χ4v) is 4.78. The van der Waals surface area contributed by atoms with Crippen LogP contribution in [0.5, 0.6) is 5.75 Å². The van der Waals surface area contributed by atoms with E-state index in [1.54, 1.807) is 6.07 Å². The Morgan fingerprint density at radius 1 is 1.15 bits per heavy atom. The van der Waals surface area contributed by atoms with Crippen molar-refractivity contribution in [2.24, 2.45) is 0 Å². The lowest BCUT2D eigenvalue weighted by Crippen LogP contribution is -2.41. The second-order valence-corrected chi connectivity index (χ2v) is 14.9. The van der Waals surface area contributed by atoms with Gasteiger partial charge < -0.3 is 25.1 Å². The summed E-state index contributed by atoms with van der Waals surface area (Å²) in [5.74, 6) is -0.0532. The Morgan fingerprint density at radius 3 is 2.44 bits per heavy atom. The lowest BCUT2D eigenvalue weighted by atomic mass is 9.88. The SMILES string of the molecule is COC(=O)Cc1cccc(C[C@@H](C)NC[C@H](CC(C)(C)[Si](C)(C)O)c2ccc(O)c(CO)c2)c1. The van der Waals surface area contributed by atoms with Crippen LogP contribution in [0.25, 0.3) is 0 Å². The molecule has 0 unspecified atom stereocenters. The third-order valence-corrected chi connectivity index (χ3v) is 10.5. The van der Waals surface area contributed by atoms with Gasteiger partial charge in [0.05, 0.1) is 20.1 Å². The van der Waals surface area contributed by atoms with Gasteiger partial charge in [-0.3, -0.25) is 4.79 Å². The van der Waals surface area contributed by atoms with E-state index in [0.717, 1.165) is 29.5 Å². The Labute approximate surface area is 205 Å². The number of hydrogen-bond acceptors (Lipinski definition) is 6. The minimum absolute atomic E-state index is 0.0919. The van der Waals surface area contributed by atoms with E-state index >= 15 is 0 Å². The van der Waals surface area contributed by atoms with Crippen LogP contribution >= 0.6 is 0 Å².